The first-order valence-corrected chi connectivity index (χ1v) is 8.49. The number of para-hydroxylation sites is 1. The summed E-state index contributed by atoms with van der Waals surface area (Å²) in [6.45, 7) is -0.0222. The lowest BCUT2D eigenvalue weighted by Crippen LogP contribution is -2.34. The molecule has 3 aromatic rings. The number of ether oxygens (including phenoxy) is 1. The Balaban J connectivity index is 1.65. The van der Waals surface area contributed by atoms with Gasteiger partial charge in [0.25, 0.3) is 11.5 Å². The maximum absolute atomic E-state index is 12.2. The number of aliphatic hydroxyl groups is 1. The lowest BCUT2D eigenvalue weighted by molar-refractivity contribution is 0.0914. The van der Waals surface area contributed by atoms with Crippen molar-refractivity contribution in [1.82, 2.24) is 9.88 Å². The number of aliphatic hydroxyl groups excluding tert-OH is 1. The second kappa shape index (κ2) is 8.33. The van der Waals surface area contributed by atoms with Gasteiger partial charge in [0.15, 0.2) is 0 Å². The zero-order valence-electron chi connectivity index (χ0n) is 14.8. The lowest BCUT2D eigenvalue weighted by Gasteiger charge is -2.14. The molecule has 27 heavy (non-hydrogen) atoms. The van der Waals surface area contributed by atoms with Crippen LogP contribution in [0.3, 0.4) is 0 Å². The van der Waals surface area contributed by atoms with Crippen LogP contribution in [0, 0.1) is 0 Å². The number of amides is 1. The van der Waals surface area contributed by atoms with Gasteiger partial charge in [-0.1, -0.05) is 30.3 Å². The van der Waals surface area contributed by atoms with Crippen LogP contribution < -0.4 is 15.6 Å². The highest BCUT2D eigenvalue weighted by atomic mass is 16.5. The van der Waals surface area contributed by atoms with Crippen molar-refractivity contribution in [3.63, 3.8) is 0 Å². The summed E-state index contributed by atoms with van der Waals surface area (Å²) < 4.78 is 7.08. The number of benzene rings is 2. The van der Waals surface area contributed by atoms with E-state index in [-0.39, 0.29) is 17.7 Å². The van der Waals surface area contributed by atoms with E-state index in [1.54, 1.807) is 43.6 Å². The summed E-state index contributed by atoms with van der Waals surface area (Å²) in [4.78, 5) is 24.2. The Bertz CT molecular complexity index is 983. The van der Waals surface area contributed by atoms with Gasteiger partial charge in [-0.2, -0.15) is 0 Å². The van der Waals surface area contributed by atoms with E-state index in [1.807, 2.05) is 30.3 Å². The zero-order valence-corrected chi connectivity index (χ0v) is 14.8. The second-order valence-corrected chi connectivity index (χ2v) is 6.05. The van der Waals surface area contributed by atoms with Crippen LogP contribution in [0.4, 0.5) is 0 Å². The number of carbonyl (C=O) groups excluding carboxylic acids is 1. The van der Waals surface area contributed by atoms with Gasteiger partial charge in [0.1, 0.15) is 17.1 Å². The van der Waals surface area contributed by atoms with Crippen molar-refractivity contribution in [2.24, 2.45) is 7.05 Å². The largest absolute Gasteiger partial charge is 0.457 e. The van der Waals surface area contributed by atoms with Gasteiger partial charge in [0, 0.05) is 19.8 Å². The Kier molecular flexibility index (Phi) is 5.68. The first kappa shape index (κ1) is 18.4. The predicted molar refractivity (Wildman–Crippen MR) is 102 cm³/mol. The first-order valence-electron chi connectivity index (χ1n) is 8.49. The molecule has 2 N–H and O–H groups in total. The summed E-state index contributed by atoms with van der Waals surface area (Å²) in [7, 11) is 1.58. The van der Waals surface area contributed by atoms with Gasteiger partial charge in [-0.15, -0.1) is 0 Å². The van der Waals surface area contributed by atoms with E-state index in [0.717, 1.165) is 0 Å². The van der Waals surface area contributed by atoms with Gasteiger partial charge < -0.3 is 19.7 Å². The van der Waals surface area contributed by atoms with Crippen LogP contribution in [0.25, 0.3) is 0 Å². The fourth-order valence-corrected chi connectivity index (χ4v) is 2.58. The third-order valence-corrected chi connectivity index (χ3v) is 4.05. The maximum atomic E-state index is 12.2. The van der Waals surface area contributed by atoms with Crippen LogP contribution in [0.2, 0.25) is 0 Å². The first-order chi connectivity index (χ1) is 13.0. The number of hydrogen-bond acceptors (Lipinski definition) is 4. The highest BCUT2D eigenvalue weighted by Gasteiger charge is 2.14. The Hall–Kier alpha value is -3.38. The number of nitrogens with zero attached hydrogens (tertiary/aromatic N) is 1. The fraction of sp³-hybridized carbons (Fsp3) is 0.143. The van der Waals surface area contributed by atoms with Gasteiger partial charge in [-0.3, -0.25) is 9.59 Å². The summed E-state index contributed by atoms with van der Waals surface area (Å²) >= 11 is 0. The van der Waals surface area contributed by atoms with Crippen molar-refractivity contribution in [3.8, 4) is 11.5 Å². The molecule has 1 unspecified atom stereocenters. The van der Waals surface area contributed by atoms with E-state index < -0.39 is 12.0 Å². The standard InChI is InChI=1S/C21H20N2O4/c1-23-12-6-11-18(21(23)26)20(25)22-14-19(24)15-7-5-10-17(13-15)27-16-8-3-2-4-9-16/h2-13,19,24H,14H2,1H3,(H,22,25). The molecule has 0 bridgehead atoms. The quantitative estimate of drug-likeness (QED) is 0.705. The zero-order chi connectivity index (χ0) is 19.2. The molecule has 1 atom stereocenters. The fourth-order valence-electron chi connectivity index (χ4n) is 2.58. The van der Waals surface area contributed by atoms with E-state index in [0.29, 0.717) is 17.1 Å². The van der Waals surface area contributed by atoms with Crippen molar-refractivity contribution < 1.29 is 14.6 Å². The van der Waals surface area contributed by atoms with Crippen LogP contribution in [-0.2, 0) is 7.05 Å². The van der Waals surface area contributed by atoms with Crippen molar-refractivity contribution >= 4 is 5.91 Å². The number of nitrogens with one attached hydrogen (secondary N) is 1. The van der Waals surface area contributed by atoms with Gasteiger partial charge >= 0.3 is 0 Å². The van der Waals surface area contributed by atoms with Crippen molar-refractivity contribution in [2.75, 3.05) is 6.54 Å². The molecule has 2 aromatic carbocycles. The second-order valence-electron chi connectivity index (χ2n) is 6.05. The summed E-state index contributed by atoms with van der Waals surface area (Å²) in [6.07, 6.45) is 0.646. The van der Waals surface area contributed by atoms with Crippen LogP contribution >= 0.6 is 0 Å². The highest BCUT2D eigenvalue weighted by molar-refractivity contribution is 5.93. The summed E-state index contributed by atoms with van der Waals surface area (Å²) in [5.74, 6) is 0.755. The molecule has 0 aliphatic heterocycles. The number of hydrogen-bond donors (Lipinski definition) is 2. The Morgan fingerprint density at radius 1 is 1.07 bits per heavy atom. The molecule has 1 heterocycles. The molecule has 138 valence electrons. The molecular weight excluding hydrogens is 344 g/mol. The van der Waals surface area contributed by atoms with Gasteiger partial charge in [-0.05, 0) is 42.0 Å². The molecule has 3 rings (SSSR count). The van der Waals surface area contributed by atoms with E-state index in [1.165, 1.54) is 10.6 Å². The summed E-state index contributed by atoms with van der Waals surface area (Å²) in [6, 6.07) is 19.4. The minimum Gasteiger partial charge on any atom is -0.457 e. The predicted octanol–water partition coefficient (Wildman–Crippen LogP) is 2.64. The normalized spacial score (nSPS) is 11.6. The third kappa shape index (κ3) is 4.62. The molecule has 0 radical (unpaired) electrons. The average molecular weight is 364 g/mol. The van der Waals surface area contributed by atoms with Crippen molar-refractivity contribution in [2.45, 2.75) is 6.10 Å². The monoisotopic (exact) mass is 364 g/mol. The molecule has 0 aliphatic carbocycles. The number of aryl methyl sites for hydroxylation is 1. The number of pyridine rings is 1. The minimum atomic E-state index is -0.930. The maximum Gasteiger partial charge on any atom is 0.263 e. The van der Waals surface area contributed by atoms with Gasteiger partial charge in [0.05, 0.1) is 6.10 Å². The lowest BCUT2D eigenvalue weighted by atomic mass is 10.1. The highest BCUT2D eigenvalue weighted by Crippen LogP contribution is 2.24. The van der Waals surface area contributed by atoms with E-state index in [9.17, 15) is 14.7 Å². The Morgan fingerprint density at radius 2 is 1.81 bits per heavy atom. The van der Waals surface area contributed by atoms with Crippen molar-refractivity contribution in [3.05, 3.63) is 94.4 Å². The van der Waals surface area contributed by atoms with Crippen molar-refractivity contribution in [1.29, 1.82) is 0 Å². The molecule has 0 saturated carbocycles. The summed E-state index contributed by atoms with van der Waals surface area (Å²) in [5, 5.41) is 13.0. The number of aromatic nitrogens is 1. The van der Waals surface area contributed by atoms with Gasteiger partial charge in [0.2, 0.25) is 0 Å². The van der Waals surface area contributed by atoms with Crippen LogP contribution in [0.15, 0.2) is 77.7 Å². The SMILES string of the molecule is Cn1cccc(C(=O)NCC(O)c2cccc(Oc3ccccc3)c2)c1=O. The molecule has 0 aliphatic rings. The topological polar surface area (TPSA) is 80.6 Å². The number of carbonyl (C=O) groups is 1. The third-order valence-electron chi connectivity index (χ3n) is 4.05. The molecule has 1 aromatic heterocycles. The molecule has 0 fully saturated rings. The average Bonchev–Trinajstić information content (AvgIpc) is 2.69. The minimum absolute atomic E-state index is 0.0222. The Labute approximate surface area is 156 Å². The molecule has 0 spiro atoms. The smallest absolute Gasteiger partial charge is 0.263 e. The van der Waals surface area contributed by atoms with E-state index in [4.69, 9.17) is 4.74 Å². The van der Waals surface area contributed by atoms with E-state index >= 15 is 0 Å². The molecule has 6 nitrogen and oxygen atoms in total. The van der Waals surface area contributed by atoms with Crippen LogP contribution in [0.1, 0.15) is 22.0 Å². The van der Waals surface area contributed by atoms with E-state index in [2.05, 4.69) is 5.32 Å². The summed E-state index contributed by atoms with van der Waals surface area (Å²) in [5.41, 5.74) is 0.251. The van der Waals surface area contributed by atoms with Gasteiger partial charge in [-0.25, -0.2) is 0 Å². The number of rotatable bonds is 6. The molecule has 6 heteroatoms. The molecule has 0 saturated heterocycles. The molecule has 1 amide bonds. The molecular formula is C21H20N2O4. The van der Waals surface area contributed by atoms with Crippen LogP contribution in [-0.4, -0.2) is 22.1 Å². The Morgan fingerprint density at radius 3 is 2.59 bits per heavy atom. The van der Waals surface area contributed by atoms with Crippen LogP contribution in [0.5, 0.6) is 11.5 Å².